The van der Waals surface area contributed by atoms with E-state index in [0.717, 1.165) is 19.6 Å². The Kier molecular flexibility index (Phi) is 4.45. The summed E-state index contributed by atoms with van der Waals surface area (Å²) in [5.41, 5.74) is -0.173. The quantitative estimate of drug-likeness (QED) is 0.755. The number of rotatable bonds is 5. The second kappa shape index (κ2) is 6.07. The summed E-state index contributed by atoms with van der Waals surface area (Å²) >= 11 is 5.56. The normalized spacial score (nSPS) is 16.3. The number of nitrogens with zero attached hydrogens (tertiary/aromatic N) is 1. The molecular formula is C12H16ClNO3. The van der Waals surface area contributed by atoms with Crippen molar-refractivity contribution < 1.29 is 9.15 Å². The molecule has 0 atom stereocenters. The van der Waals surface area contributed by atoms with Crippen LogP contribution < -0.4 is 10.2 Å². The van der Waals surface area contributed by atoms with Gasteiger partial charge in [0.25, 0.3) is 0 Å². The molecule has 0 amide bonds. The Balaban J connectivity index is 1.84. The summed E-state index contributed by atoms with van der Waals surface area (Å²) < 4.78 is 10.5. The van der Waals surface area contributed by atoms with Crippen LogP contribution in [0.4, 0.5) is 0 Å². The van der Waals surface area contributed by atoms with Crippen LogP contribution in [0.5, 0.6) is 5.75 Å². The molecule has 4 nitrogen and oxygen atoms in total. The third-order valence-electron chi connectivity index (χ3n) is 2.85. The van der Waals surface area contributed by atoms with E-state index < -0.39 is 0 Å². The SMILES string of the molecule is O=c1cc(CCl)occ1OCCN1CCCC1. The van der Waals surface area contributed by atoms with E-state index in [2.05, 4.69) is 4.90 Å². The van der Waals surface area contributed by atoms with Gasteiger partial charge in [-0.1, -0.05) is 0 Å². The first-order chi connectivity index (χ1) is 8.29. The van der Waals surface area contributed by atoms with Gasteiger partial charge in [0.15, 0.2) is 0 Å². The van der Waals surface area contributed by atoms with Crippen molar-refractivity contribution in [1.29, 1.82) is 0 Å². The van der Waals surface area contributed by atoms with Gasteiger partial charge in [-0.25, -0.2) is 0 Å². The highest BCUT2D eigenvalue weighted by Gasteiger charge is 2.11. The smallest absolute Gasteiger partial charge is 0.227 e. The maximum absolute atomic E-state index is 11.6. The Labute approximate surface area is 105 Å². The van der Waals surface area contributed by atoms with Crippen LogP contribution >= 0.6 is 11.6 Å². The number of likely N-dealkylation sites (tertiary alicyclic amines) is 1. The molecule has 0 aromatic carbocycles. The molecule has 5 heteroatoms. The number of alkyl halides is 1. The maximum Gasteiger partial charge on any atom is 0.227 e. The van der Waals surface area contributed by atoms with Gasteiger partial charge < -0.3 is 9.15 Å². The van der Waals surface area contributed by atoms with Crippen LogP contribution in [-0.4, -0.2) is 31.1 Å². The van der Waals surface area contributed by atoms with Gasteiger partial charge in [-0.3, -0.25) is 9.69 Å². The minimum Gasteiger partial charge on any atom is -0.485 e. The fourth-order valence-corrected chi connectivity index (χ4v) is 2.04. The van der Waals surface area contributed by atoms with Crippen molar-refractivity contribution in [2.24, 2.45) is 0 Å². The third-order valence-corrected chi connectivity index (χ3v) is 3.11. The number of ether oxygens (including phenoxy) is 1. The van der Waals surface area contributed by atoms with E-state index in [1.54, 1.807) is 0 Å². The van der Waals surface area contributed by atoms with Crippen molar-refractivity contribution in [2.75, 3.05) is 26.2 Å². The summed E-state index contributed by atoms with van der Waals surface area (Å²) in [7, 11) is 0. The van der Waals surface area contributed by atoms with Gasteiger partial charge in [0.05, 0.1) is 5.88 Å². The van der Waals surface area contributed by atoms with Crippen LogP contribution in [0, 0.1) is 0 Å². The molecule has 0 spiro atoms. The first kappa shape index (κ1) is 12.5. The molecule has 1 aromatic rings. The van der Waals surface area contributed by atoms with E-state index in [1.807, 2.05) is 0 Å². The lowest BCUT2D eigenvalue weighted by atomic mass is 10.4. The fraction of sp³-hybridized carbons (Fsp3) is 0.583. The third kappa shape index (κ3) is 3.48. The molecule has 0 radical (unpaired) electrons. The van der Waals surface area contributed by atoms with Crippen molar-refractivity contribution >= 4 is 11.6 Å². The zero-order valence-corrected chi connectivity index (χ0v) is 10.4. The number of hydrogen-bond donors (Lipinski definition) is 0. The first-order valence-electron chi connectivity index (χ1n) is 5.82. The lowest BCUT2D eigenvalue weighted by molar-refractivity contribution is 0.231. The molecule has 94 valence electrons. The molecule has 0 bridgehead atoms. The molecule has 0 N–H and O–H groups in total. The van der Waals surface area contributed by atoms with Gasteiger partial charge >= 0.3 is 0 Å². The summed E-state index contributed by atoms with van der Waals surface area (Å²) in [6.45, 7) is 3.63. The first-order valence-corrected chi connectivity index (χ1v) is 6.36. The van der Waals surface area contributed by atoms with Crippen LogP contribution in [0.1, 0.15) is 18.6 Å². The average Bonchev–Trinajstić information content (AvgIpc) is 2.84. The van der Waals surface area contributed by atoms with E-state index in [1.165, 1.54) is 25.2 Å². The van der Waals surface area contributed by atoms with E-state index in [-0.39, 0.29) is 17.1 Å². The standard InChI is InChI=1S/C12H16ClNO3/c13-8-10-7-11(15)12(9-17-10)16-6-5-14-3-1-2-4-14/h7,9H,1-6,8H2. The predicted molar refractivity (Wildman–Crippen MR) is 65.7 cm³/mol. The number of hydrogen-bond acceptors (Lipinski definition) is 4. The topological polar surface area (TPSA) is 42.7 Å². The van der Waals surface area contributed by atoms with Crippen molar-refractivity contribution in [1.82, 2.24) is 4.90 Å². The van der Waals surface area contributed by atoms with E-state index in [9.17, 15) is 4.79 Å². The van der Waals surface area contributed by atoms with Crippen molar-refractivity contribution in [3.05, 3.63) is 28.3 Å². The molecule has 1 aliphatic heterocycles. The van der Waals surface area contributed by atoms with Gasteiger partial charge in [-0.2, -0.15) is 0 Å². The van der Waals surface area contributed by atoms with Gasteiger partial charge in [-0.05, 0) is 25.9 Å². The summed E-state index contributed by atoms with van der Waals surface area (Å²) in [5.74, 6) is 0.921. The van der Waals surface area contributed by atoms with Gasteiger partial charge in [0.2, 0.25) is 11.2 Å². The second-order valence-electron chi connectivity index (χ2n) is 4.11. The molecule has 1 fully saturated rings. The lowest BCUT2D eigenvalue weighted by Gasteiger charge is -2.14. The van der Waals surface area contributed by atoms with Gasteiger partial charge in [0.1, 0.15) is 18.6 Å². The van der Waals surface area contributed by atoms with Crippen LogP contribution in [0.2, 0.25) is 0 Å². The van der Waals surface area contributed by atoms with E-state index in [4.69, 9.17) is 20.8 Å². The largest absolute Gasteiger partial charge is 0.485 e. The average molecular weight is 258 g/mol. The molecule has 1 aromatic heterocycles. The highest BCUT2D eigenvalue weighted by molar-refractivity contribution is 6.16. The summed E-state index contributed by atoms with van der Waals surface area (Å²) in [6.07, 6.45) is 3.85. The molecule has 0 aliphatic carbocycles. The van der Waals surface area contributed by atoms with E-state index in [0.29, 0.717) is 12.4 Å². The Morgan fingerprint density at radius 1 is 1.41 bits per heavy atom. The molecule has 17 heavy (non-hydrogen) atoms. The van der Waals surface area contributed by atoms with Crippen LogP contribution in [0.3, 0.4) is 0 Å². The highest BCUT2D eigenvalue weighted by Crippen LogP contribution is 2.09. The maximum atomic E-state index is 11.6. The van der Waals surface area contributed by atoms with Crippen molar-refractivity contribution in [2.45, 2.75) is 18.7 Å². The Morgan fingerprint density at radius 2 is 2.18 bits per heavy atom. The Bertz CT molecular complexity index is 412. The Morgan fingerprint density at radius 3 is 2.82 bits per heavy atom. The molecule has 1 aliphatic rings. The van der Waals surface area contributed by atoms with E-state index >= 15 is 0 Å². The van der Waals surface area contributed by atoms with Crippen molar-refractivity contribution in [3.63, 3.8) is 0 Å². The fourth-order valence-electron chi connectivity index (χ4n) is 1.90. The molecule has 2 heterocycles. The second-order valence-corrected chi connectivity index (χ2v) is 4.37. The minimum atomic E-state index is -0.173. The molecule has 1 saturated heterocycles. The highest BCUT2D eigenvalue weighted by atomic mass is 35.5. The zero-order chi connectivity index (χ0) is 12.1. The molecule has 0 unspecified atom stereocenters. The summed E-state index contributed by atoms with van der Waals surface area (Å²) in [4.78, 5) is 13.9. The monoisotopic (exact) mass is 257 g/mol. The van der Waals surface area contributed by atoms with Crippen molar-refractivity contribution in [3.8, 4) is 5.75 Å². The zero-order valence-electron chi connectivity index (χ0n) is 9.65. The number of halogens is 1. The Hall–Kier alpha value is -1.00. The lowest BCUT2D eigenvalue weighted by Crippen LogP contribution is -2.25. The van der Waals surface area contributed by atoms with Crippen LogP contribution in [-0.2, 0) is 5.88 Å². The van der Waals surface area contributed by atoms with Crippen LogP contribution in [0.15, 0.2) is 21.5 Å². The predicted octanol–water partition coefficient (Wildman–Crippen LogP) is 1.85. The van der Waals surface area contributed by atoms with Gasteiger partial charge in [0, 0.05) is 12.6 Å². The van der Waals surface area contributed by atoms with Crippen LogP contribution in [0.25, 0.3) is 0 Å². The molecule has 2 rings (SSSR count). The molecule has 0 saturated carbocycles. The minimum absolute atomic E-state index is 0.173. The van der Waals surface area contributed by atoms with Gasteiger partial charge in [-0.15, -0.1) is 11.6 Å². The summed E-state index contributed by atoms with van der Waals surface area (Å²) in [5, 5.41) is 0. The summed E-state index contributed by atoms with van der Waals surface area (Å²) in [6, 6.07) is 1.37. The molecular weight excluding hydrogens is 242 g/mol.